The summed E-state index contributed by atoms with van der Waals surface area (Å²) >= 11 is 0. The summed E-state index contributed by atoms with van der Waals surface area (Å²) in [5.41, 5.74) is 8.43. The number of nitrogens with two attached hydrogens (primary N) is 1. The van der Waals surface area contributed by atoms with Crippen LogP contribution in [-0.4, -0.2) is 115 Å². The highest BCUT2D eigenvalue weighted by atomic mass is 16.5. The molecule has 0 spiro atoms. The monoisotopic (exact) mass is 822 g/mol. The highest BCUT2D eigenvalue weighted by molar-refractivity contribution is 5.90. The number of methoxy groups -OCH3 is 2. The third-order valence-corrected chi connectivity index (χ3v) is 12.6. The van der Waals surface area contributed by atoms with E-state index in [4.69, 9.17) is 15.2 Å². The first-order valence-electron chi connectivity index (χ1n) is 21.6. The minimum atomic E-state index is -0.882. The summed E-state index contributed by atoms with van der Waals surface area (Å²) < 4.78 is 12.0. The van der Waals surface area contributed by atoms with E-state index in [0.29, 0.717) is 30.8 Å². The average molecular weight is 822 g/mol. The summed E-state index contributed by atoms with van der Waals surface area (Å²) in [6.45, 7) is 16.8. The molecule has 0 unspecified atom stereocenters. The summed E-state index contributed by atoms with van der Waals surface area (Å²) in [4.78, 5) is 62.2. The number of nitrogens with zero attached hydrogens (tertiary/aromatic N) is 3. The number of ether oxygens (including phenoxy) is 2. The highest BCUT2D eigenvalue weighted by Gasteiger charge is 2.43. The van der Waals surface area contributed by atoms with Gasteiger partial charge in [-0.05, 0) is 67.8 Å². The lowest BCUT2D eigenvalue weighted by Gasteiger charge is -2.41. The van der Waals surface area contributed by atoms with Crippen molar-refractivity contribution in [2.75, 3.05) is 40.6 Å². The van der Waals surface area contributed by atoms with E-state index in [2.05, 4.69) is 19.2 Å². The predicted octanol–water partition coefficient (Wildman–Crippen LogP) is 6.12. The second kappa shape index (κ2) is 23.2. The van der Waals surface area contributed by atoms with Crippen LogP contribution in [0.15, 0.2) is 54.6 Å². The number of carbonyl (C=O) groups is 4. The van der Waals surface area contributed by atoms with Gasteiger partial charge in [0, 0.05) is 52.4 Å². The number of aliphatic hydroxyl groups is 1. The maximum Gasteiger partial charge on any atom is 0.226 e. The summed E-state index contributed by atoms with van der Waals surface area (Å²) in [5.74, 6) is -1.80. The van der Waals surface area contributed by atoms with Crippen LogP contribution in [0, 0.1) is 29.6 Å². The SMILES string of the molecule is CC[C@H](C)[C@@H]([C@@H](CC(=O)N1CCC[C@H]1[C@H](OC)[C@@H](C)C(=O)N[C@H](C)[C@@H](O)c1ccccc1)OC)N(C)C(=O)[C@@H](CC(=O)[C@H](C(C)C)N(C)Cc1cccc(N)c1)C(C)C. The Bertz CT molecular complexity index is 1640. The van der Waals surface area contributed by atoms with E-state index >= 15 is 0 Å². The molecule has 0 radical (unpaired) electrons. The van der Waals surface area contributed by atoms with Crippen molar-refractivity contribution in [2.24, 2.45) is 29.6 Å². The van der Waals surface area contributed by atoms with Crippen molar-refractivity contribution in [1.29, 1.82) is 0 Å². The minimum absolute atomic E-state index is 0.0166. The first-order valence-corrected chi connectivity index (χ1v) is 21.6. The van der Waals surface area contributed by atoms with Gasteiger partial charge in [0.25, 0.3) is 0 Å². The molecule has 10 atom stereocenters. The fraction of sp³-hybridized carbons (Fsp3) is 0.660. The second-order valence-corrected chi connectivity index (χ2v) is 17.6. The molecule has 0 aromatic heterocycles. The molecule has 1 saturated heterocycles. The Morgan fingerprint density at radius 3 is 2.14 bits per heavy atom. The van der Waals surface area contributed by atoms with E-state index in [1.165, 1.54) is 0 Å². The molecule has 3 amide bonds. The fourth-order valence-corrected chi connectivity index (χ4v) is 9.09. The van der Waals surface area contributed by atoms with E-state index in [0.717, 1.165) is 18.4 Å². The smallest absolute Gasteiger partial charge is 0.226 e. The van der Waals surface area contributed by atoms with Gasteiger partial charge < -0.3 is 35.4 Å². The van der Waals surface area contributed by atoms with E-state index in [1.807, 2.05) is 99.1 Å². The molecule has 3 rings (SSSR count). The predicted molar refractivity (Wildman–Crippen MR) is 234 cm³/mol. The van der Waals surface area contributed by atoms with Crippen LogP contribution in [0.5, 0.6) is 0 Å². The molecule has 12 heteroatoms. The molecular weight excluding hydrogens is 747 g/mol. The summed E-state index contributed by atoms with van der Waals surface area (Å²) in [6, 6.07) is 15.1. The molecule has 59 heavy (non-hydrogen) atoms. The van der Waals surface area contributed by atoms with Gasteiger partial charge in [-0.25, -0.2) is 0 Å². The maximum atomic E-state index is 14.6. The Morgan fingerprint density at radius 2 is 1.58 bits per heavy atom. The molecule has 1 aliphatic rings. The van der Waals surface area contributed by atoms with Crippen molar-refractivity contribution in [3.05, 3.63) is 65.7 Å². The van der Waals surface area contributed by atoms with Gasteiger partial charge in [0.05, 0.1) is 54.8 Å². The second-order valence-electron chi connectivity index (χ2n) is 17.6. The lowest BCUT2D eigenvalue weighted by atomic mass is 9.83. The van der Waals surface area contributed by atoms with Crippen molar-refractivity contribution < 1.29 is 33.8 Å². The van der Waals surface area contributed by atoms with Gasteiger partial charge in [-0.15, -0.1) is 0 Å². The number of nitrogens with one attached hydrogen (secondary N) is 1. The number of Topliss-reactive ketones (excluding diaryl/α,β-unsaturated/α-hetero) is 1. The zero-order chi connectivity index (χ0) is 44.1. The van der Waals surface area contributed by atoms with Crippen molar-refractivity contribution in [2.45, 2.75) is 137 Å². The molecule has 0 aliphatic carbocycles. The van der Waals surface area contributed by atoms with Gasteiger partial charge in [-0.3, -0.25) is 24.1 Å². The number of rotatable bonds is 23. The first kappa shape index (κ1) is 49.5. The molecular formula is C47H75N5O7. The molecule has 330 valence electrons. The number of aliphatic hydroxyl groups excluding tert-OH is 1. The quantitative estimate of drug-likeness (QED) is 0.113. The number of amides is 3. The van der Waals surface area contributed by atoms with Crippen LogP contribution in [0.1, 0.15) is 105 Å². The molecule has 12 nitrogen and oxygen atoms in total. The Hall–Kier alpha value is -3.84. The Morgan fingerprint density at radius 1 is 0.915 bits per heavy atom. The Kier molecular flexibility index (Phi) is 19.5. The van der Waals surface area contributed by atoms with Crippen LogP contribution in [0.3, 0.4) is 0 Å². The number of likely N-dealkylation sites (N-methyl/N-ethyl adjacent to an activating group) is 2. The standard InChI is InChI=1S/C47H75N5O7/c1-13-31(6)43(51(10)47(57)37(29(2)3)26-39(53)42(30(4)5)50(9)28-34-19-17-22-36(48)25-34)40(58-11)27-41(54)52-24-18-23-38(52)45(59-12)32(7)46(56)49-33(8)44(55)35-20-15-14-16-21-35/h14-17,19-22,25,29-33,37-38,40,42-45,55H,13,18,23-24,26-28,48H2,1-12H3,(H,49,56)/t31-,32+,33+,37-,38-,40+,42-,43-,44+,45+/m0/s1. The Labute approximate surface area is 354 Å². The average Bonchev–Trinajstić information content (AvgIpc) is 3.68. The minimum Gasteiger partial charge on any atom is -0.399 e. The number of hydrogen-bond donors (Lipinski definition) is 3. The fourth-order valence-electron chi connectivity index (χ4n) is 9.09. The van der Waals surface area contributed by atoms with Gasteiger partial charge in [0.2, 0.25) is 17.7 Å². The van der Waals surface area contributed by atoms with Gasteiger partial charge >= 0.3 is 0 Å². The number of anilines is 1. The number of carbonyl (C=O) groups excluding carboxylic acids is 4. The summed E-state index contributed by atoms with van der Waals surface area (Å²) in [6.07, 6.45) is 0.221. The van der Waals surface area contributed by atoms with E-state index in [1.54, 1.807) is 40.0 Å². The van der Waals surface area contributed by atoms with Gasteiger partial charge in [-0.2, -0.15) is 0 Å². The highest BCUT2D eigenvalue weighted by Crippen LogP contribution is 2.31. The first-order chi connectivity index (χ1) is 27.9. The van der Waals surface area contributed by atoms with Crippen molar-refractivity contribution in [1.82, 2.24) is 20.0 Å². The molecule has 1 fully saturated rings. The van der Waals surface area contributed by atoms with Crippen LogP contribution in [0.4, 0.5) is 5.69 Å². The van der Waals surface area contributed by atoms with Gasteiger partial charge in [-0.1, -0.05) is 97.4 Å². The number of likely N-dealkylation sites (tertiary alicyclic amines) is 1. The van der Waals surface area contributed by atoms with Crippen LogP contribution < -0.4 is 11.1 Å². The van der Waals surface area contributed by atoms with Gasteiger partial charge in [0.15, 0.2) is 5.78 Å². The summed E-state index contributed by atoms with van der Waals surface area (Å²) in [5, 5.41) is 13.8. The molecule has 2 aromatic carbocycles. The lowest BCUT2D eigenvalue weighted by molar-refractivity contribution is -0.149. The normalized spacial score (nSPS) is 19.1. The third-order valence-electron chi connectivity index (χ3n) is 12.6. The zero-order valence-corrected chi connectivity index (χ0v) is 37.9. The topological polar surface area (TPSA) is 155 Å². The lowest BCUT2D eigenvalue weighted by Crippen LogP contribution is -2.54. The van der Waals surface area contributed by atoms with Gasteiger partial charge in [0.1, 0.15) is 0 Å². The van der Waals surface area contributed by atoms with E-state index < -0.39 is 48.3 Å². The van der Waals surface area contributed by atoms with Crippen molar-refractivity contribution in [3.8, 4) is 0 Å². The van der Waals surface area contributed by atoms with E-state index in [-0.39, 0.29) is 60.1 Å². The largest absolute Gasteiger partial charge is 0.399 e. The molecule has 0 bridgehead atoms. The van der Waals surface area contributed by atoms with Crippen molar-refractivity contribution in [3.63, 3.8) is 0 Å². The number of nitrogen functional groups attached to an aromatic ring is 1. The molecule has 1 aliphatic heterocycles. The number of hydrogen-bond acceptors (Lipinski definition) is 9. The summed E-state index contributed by atoms with van der Waals surface area (Å²) in [7, 11) is 6.86. The molecule has 4 N–H and O–H groups in total. The van der Waals surface area contributed by atoms with Crippen LogP contribution in [0.2, 0.25) is 0 Å². The third kappa shape index (κ3) is 13.1. The molecule has 2 aromatic rings. The molecule has 0 saturated carbocycles. The zero-order valence-electron chi connectivity index (χ0n) is 37.9. The van der Waals surface area contributed by atoms with E-state index in [9.17, 15) is 24.3 Å². The van der Waals surface area contributed by atoms with Crippen LogP contribution in [0.25, 0.3) is 0 Å². The maximum absolute atomic E-state index is 14.6. The molecule has 1 heterocycles. The number of ketones is 1. The van der Waals surface area contributed by atoms with Crippen LogP contribution in [-0.2, 0) is 35.2 Å². The number of benzene rings is 2. The van der Waals surface area contributed by atoms with Crippen molar-refractivity contribution >= 4 is 29.2 Å². The van der Waals surface area contributed by atoms with Crippen LogP contribution >= 0.6 is 0 Å². The Balaban J connectivity index is 1.77.